The van der Waals surface area contributed by atoms with Crippen molar-refractivity contribution in [2.45, 2.75) is 72.0 Å². The van der Waals surface area contributed by atoms with Gasteiger partial charge in [0.2, 0.25) is 0 Å². The SMILES string of the molecule is CCCCCCC(O)C(OCC)C(C)C. The molecule has 0 aliphatic rings. The van der Waals surface area contributed by atoms with E-state index in [4.69, 9.17) is 4.74 Å². The lowest BCUT2D eigenvalue weighted by Crippen LogP contribution is -2.33. The fourth-order valence-electron chi connectivity index (χ4n) is 1.88. The summed E-state index contributed by atoms with van der Waals surface area (Å²) in [5, 5.41) is 9.98. The van der Waals surface area contributed by atoms with E-state index in [1.807, 2.05) is 6.92 Å². The molecule has 0 aromatic carbocycles. The van der Waals surface area contributed by atoms with Crippen LogP contribution in [0.2, 0.25) is 0 Å². The number of ether oxygens (including phenoxy) is 1. The maximum absolute atomic E-state index is 9.98. The summed E-state index contributed by atoms with van der Waals surface area (Å²) in [6.07, 6.45) is 5.46. The van der Waals surface area contributed by atoms with E-state index in [-0.39, 0.29) is 12.2 Å². The van der Waals surface area contributed by atoms with Gasteiger partial charge in [-0.1, -0.05) is 46.5 Å². The molecule has 0 aliphatic heterocycles. The lowest BCUT2D eigenvalue weighted by Gasteiger charge is -2.26. The van der Waals surface area contributed by atoms with E-state index < -0.39 is 0 Å². The van der Waals surface area contributed by atoms with E-state index >= 15 is 0 Å². The zero-order valence-electron chi connectivity index (χ0n) is 10.8. The van der Waals surface area contributed by atoms with E-state index in [9.17, 15) is 5.11 Å². The first kappa shape index (κ1) is 14.9. The van der Waals surface area contributed by atoms with Gasteiger partial charge in [-0.3, -0.25) is 0 Å². The monoisotopic (exact) mass is 216 g/mol. The number of aliphatic hydroxyl groups is 1. The lowest BCUT2D eigenvalue weighted by atomic mass is 9.97. The van der Waals surface area contributed by atoms with Crippen LogP contribution < -0.4 is 0 Å². The Morgan fingerprint density at radius 1 is 1.07 bits per heavy atom. The van der Waals surface area contributed by atoms with Crippen LogP contribution in [0.3, 0.4) is 0 Å². The summed E-state index contributed by atoms with van der Waals surface area (Å²) >= 11 is 0. The molecular formula is C13H28O2. The highest BCUT2D eigenvalue weighted by Crippen LogP contribution is 2.16. The minimum atomic E-state index is -0.290. The van der Waals surface area contributed by atoms with Crippen LogP contribution in [-0.2, 0) is 4.74 Å². The van der Waals surface area contributed by atoms with Crippen LogP contribution in [0, 0.1) is 5.92 Å². The molecule has 0 saturated carbocycles. The molecule has 0 rings (SSSR count). The quantitative estimate of drug-likeness (QED) is 0.599. The van der Waals surface area contributed by atoms with Crippen LogP contribution in [0.5, 0.6) is 0 Å². The van der Waals surface area contributed by atoms with Gasteiger partial charge in [-0.15, -0.1) is 0 Å². The van der Waals surface area contributed by atoms with Crippen LogP contribution in [0.15, 0.2) is 0 Å². The predicted octanol–water partition coefficient (Wildman–Crippen LogP) is 3.38. The molecular weight excluding hydrogens is 188 g/mol. The predicted molar refractivity (Wildman–Crippen MR) is 65.0 cm³/mol. The van der Waals surface area contributed by atoms with E-state index in [0.717, 1.165) is 12.8 Å². The Hall–Kier alpha value is -0.0800. The minimum absolute atomic E-state index is 0.0108. The van der Waals surface area contributed by atoms with Gasteiger partial charge < -0.3 is 9.84 Å². The Balaban J connectivity index is 3.76. The van der Waals surface area contributed by atoms with Crippen molar-refractivity contribution in [3.8, 4) is 0 Å². The van der Waals surface area contributed by atoms with Gasteiger partial charge in [-0.2, -0.15) is 0 Å². The van der Waals surface area contributed by atoms with E-state index in [1.54, 1.807) is 0 Å². The molecule has 1 N–H and O–H groups in total. The van der Waals surface area contributed by atoms with Crippen LogP contribution >= 0.6 is 0 Å². The van der Waals surface area contributed by atoms with Gasteiger partial charge in [0.15, 0.2) is 0 Å². The van der Waals surface area contributed by atoms with Crippen molar-refractivity contribution in [2.75, 3.05) is 6.61 Å². The largest absolute Gasteiger partial charge is 0.390 e. The maximum Gasteiger partial charge on any atom is 0.0856 e. The van der Waals surface area contributed by atoms with Gasteiger partial charge in [0.05, 0.1) is 12.2 Å². The van der Waals surface area contributed by atoms with E-state index in [2.05, 4.69) is 20.8 Å². The second-order valence-electron chi connectivity index (χ2n) is 4.58. The number of aliphatic hydroxyl groups excluding tert-OH is 1. The Morgan fingerprint density at radius 3 is 2.20 bits per heavy atom. The number of unbranched alkanes of at least 4 members (excludes halogenated alkanes) is 3. The average molecular weight is 216 g/mol. The van der Waals surface area contributed by atoms with Gasteiger partial charge in [0.1, 0.15) is 0 Å². The van der Waals surface area contributed by atoms with Gasteiger partial charge in [0, 0.05) is 6.61 Å². The summed E-state index contributed by atoms with van der Waals surface area (Å²) < 4.78 is 5.57. The Kier molecular flexibility index (Phi) is 9.12. The zero-order chi connectivity index (χ0) is 11.7. The van der Waals surface area contributed by atoms with Gasteiger partial charge in [0.25, 0.3) is 0 Å². The molecule has 0 fully saturated rings. The van der Waals surface area contributed by atoms with Crippen molar-refractivity contribution < 1.29 is 9.84 Å². The van der Waals surface area contributed by atoms with Crippen molar-refractivity contribution in [2.24, 2.45) is 5.92 Å². The molecule has 2 unspecified atom stereocenters. The van der Waals surface area contributed by atoms with Crippen LogP contribution in [0.1, 0.15) is 59.8 Å². The molecule has 15 heavy (non-hydrogen) atoms. The van der Waals surface area contributed by atoms with Crippen molar-refractivity contribution in [1.29, 1.82) is 0 Å². The third kappa shape index (κ3) is 6.91. The molecule has 0 spiro atoms. The number of hydrogen-bond acceptors (Lipinski definition) is 2. The summed E-state index contributed by atoms with van der Waals surface area (Å²) in [5.74, 6) is 0.395. The smallest absolute Gasteiger partial charge is 0.0856 e. The standard InChI is InChI=1S/C13H28O2/c1-5-7-8-9-10-12(14)13(11(3)4)15-6-2/h11-14H,5-10H2,1-4H3. The Morgan fingerprint density at radius 2 is 1.73 bits per heavy atom. The van der Waals surface area contributed by atoms with Crippen LogP contribution in [-0.4, -0.2) is 23.9 Å². The highest BCUT2D eigenvalue weighted by Gasteiger charge is 2.22. The van der Waals surface area contributed by atoms with Crippen LogP contribution in [0.4, 0.5) is 0 Å². The lowest BCUT2D eigenvalue weighted by molar-refractivity contribution is -0.0603. The Bertz CT molecular complexity index is 134. The topological polar surface area (TPSA) is 29.5 Å². The normalized spacial score (nSPS) is 15.6. The van der Waals surface area contributed by atoms with Gasteiger partial charge in [-0.25, -0.2) is 0 Å². The summed E-state index contributed by atoms with van der Waals surface area (Å²) in [5.41, 5.74) is 0. The van der Waals surface area contributed by atoms with Gasteiger partial charge in [-0.05, 0) is 19.3 Å². The highest BCUT2D eigenvalue weighted by molar-refractivity contribution is 4.72. The van der Waals surface area contributed by atoms with Crippen molar-refractivity contribution in [3.05, 3.63) is 0 Å². The molecule has 0 radical (unpaired) electrons. The van der Waals surface area contributed by atoms with E-state index in [1.165, 1.54) is 19.3 Å². The average Bonchev–Trinajstić information content (AvgIpc) is 2.20. The fraction of sp³-hybridized carbons (Fsp3) is 1.00. The van der Waals surface area contributed by atoms with Crippen molar-refractivity contribution >= 4 is 0 Å². The molecule has 0 aliphatic carbocycles. The van der Waals surface area contributed by atoms with Gasteiger partial charge >= 0.3 is 0 Å². The number of hydrogen-bond donors (Lipinski definition) is 1. The summed E-state index contributed by atoms with van der Waals surface area (Å²) in [6.45, 7) is 9.09. The second-order valence-corrected chi connectivity index (χ2v) is 4.58. The molecule has 0 saturated heterocycles. The molecule has 2 nitrogen and oxygen atoms in total. The first-order valence-corrected chi connectivity index (χ1v) is 6.43. The molecule has 0 aromatic heterocycles. The molecule has 0 bridgehead atoms. The first-order valence-electron chi connectivity index (χ1n) is 6.43. The Labute approximate surface area is 95.0 Å². The fourth-order valence-corrected chi connectivity index (χ4v) is 1.88. The van der Waals surface area contributed by atoms with E-state index in [0.29, 0.717) is 12.5 Å². The summed E-state index contributed by atoms with van der Waals surface area (Å²) in [7, 11) is 0. The molecule has 92 valence electrons. The second kappa shape index (κ2) is 9.17. The third-order valence-electron chi connectivity index (χ3n) is 2.75. The van der Waals surface area contributed by atoms with Crippen molar-refractivity contribution in [1.82, 2.24) is 0 Å². The molecule has 0 amide bonds. The van der Waals surface area contributed by atoms with Crippen molar-refractivity contribution in [3.63, 3.8) is 0 Å². The molecule has 0 heterocycles. The number of rotatable bonds is 9. The maximum atomic E-state index is 9.98. The highest BCUT2D eigenvalue weighted by atomic mass is 16.5. The summed E-state index contributed by atoms with van der Waals surface area (Å²) in [6, 6.07) is 0. The molecule has 0 aromatic rings. The van der Waals surface area contributed by atoms with Crippen LogP contribution in [0.25, 0.3) is 0 Å². The third-order valence-corrected chi connectivity index (χ3v) is 2.75. The summed E-state index contributed by atoms with van der Waals surface area (Å²) in [4.78, 5) is 0. The minimum Gasteiger partial charge on any atom is -0.390 e. The first-order chi connectivity index (χ1) is 7.13. The zero-order valence-corrected chi connectivity index (χ0v) is 10.8. The molecule has 2 atom stereocenters. The molecule has 2 heteroatoms.